The number of benzene rings is 1. The number of ether oxygens (including phenoxy) is 1. The van der Waals surface area contributed by atoms with Crippen LogP contribution in [0, 0.1) is 13.8 Å². The zero-order chi connectivity index (χ0) is 22.2. The predicted molar refractivity (Wildman–Crippen MR) is 128 cm³/mol. The van der Waals surface area contributed by atoms with Crippen LogP contribution in [0.2, 0.25) is 0 Å². The summed E-state index contributed by atoms with van der Waals surface area (Å²) in [5.74, 6) is 0.264. The maximum Gasteiger partial charge on any atom is 0.170 e. The van der Waals surface area contributed by atoms with E-state index in [1.165, 1.54) is 5.56 Å². The largest absolute Gasteiger partial charge is 0.508 e. The molecule has 3 atom stereocenters. The molecule has 0 saturated carbocycles. The Morgan fingerprint density at radius 3 is 2.69 bits per heavy atom. The number of phenolic OH excluding ortho intramolecular Hbond substituents is 1. The summed E-state index contributed by atoms with van der Waals surface area (Å²) in [5.41, 5.74) is 5.51. The van der Waals surface area contributed by atoms with E-state index in [4.69, 9.17) is 17.0 Å². The lowest BCUT2D eigenvalue weighted by molar-refractivity contribution is 0.0842. The first-order valence-corrected chi connectivity index (χ1v) is 11.5. The average molecular weight is 449 g/mol. The molecule has 166 valence electrons. The van der Waals surface area contributed by atoms with Gasteiger partial charge in [0.05, 0.1) is 23.9 Å². The molecule has 2 aromatic heterocycles. The second-order valence-corrected chi connectivity index (χ2v) is 8.98. The average Bonchev–Trinajstić information content (AvgIpc) is 3.49. The second kappa shape index (κ2) is 8.56. The molecular formula is C25H28N4O2S. The zero-order valence-corrected chi connectivity index (χ0v) is 19.2. The van der Waals surface area contributed by atoms with Crippen molar-refractivity contribution in [3.63, 3.8) is 0 Å². The summed E-state index contributed by atoms with van der Waals surface area (Å²) >= 11 is 5.82. The lowest BCUT2D eigenvalue weighted by atomic mass is 9.96. The standard InChI is InChI=1S/C25H28N4O2S/c1-16-14-21(17(2)29(16)18-8-10-19(30)11-9-18)24-23(22-7-3-4-12-26-22)27-25(32)28(24)15-20-6-5-13-31-20/h3-4,7-12,14,20,23-24,30H,5-6,13,15H2,1-2H3,(H,27,32)/t20-,23+,24-/m1/s1. The van der Waals surface area contributed by atoms with Crippen molar-refractivity contribution in [3.8, 4) is 11.4 Å². The molecule has 0 aliphatic carbocycles. The Hall–Kier alpha value is -2.90. The van der Waals surface area contributed by atoms with Crippen LogP contribution in [-0.2, 0) is 4.74 Å². The first-order chi connectivity index (χ1) is 15.5. The maximum atomic E-state index is 9.72. The van der Waals surface area contributed by atoms with E-state index in [1.807, 2.05) is 30.5 Å². The monoisotopic (exact) mass is 448 g/mol. The van der Waals surface area contributed by atoms with Gasteiger partial charge in [0.25, 0.3) is 0 Å². The van der Waals surface area contributed by atoms with Gasteiger partial charge in [0.1, 0.15) is 5.75 Å². The van der Waals surface area contributed by atoms with Crippen LogP contribution < -0.4 is 5.32 Å². The number of rotatable bonds is 5. The third-order valence-electron chi connectivity index (χ3n) is 6.52. The van der Waals surface area contributed by atoms with Crippen LogP contribution in [0.1, 0.15) is 47.6 Å². The highest BCUT2D eigenvalue weighted by Crippen LogP contribution is 2.42. The predicted octanol–water partition coefficient (Wildman–Crippen LogP) is 4.35. The van der Waals surface area contributed by atoms with Crippen molar-refractivity contribution in [1.82, 2.24) is 19.8 Å². The normalized spacial score (nSPS) is 23.0. The number of pyridine rings is 1. The van der Waals surface area contributed by atoms with Gasteiger partial charge in [0, 0.05) is 36.4 Å². The molecule has 0 unspecified atom stereocenters. The van der Waals surface area contributed by atoms with E-state index < -0.39 is 0 Å². The van der Waals surface area contributed by atoms with Gasteiger partial charge < -0.3 is 24.6 Å². The van der Waals surface area contributed by atoms with Gasteiger partial charge in [-0.1, -0.05) is 6.07 Å². The summed E-state index contributed by atoms with van der Waals surface area (Å²) in [4.78, 5) is 6.93. The molecule has 4 heterocycles. The molecule has 0 spiro atoms. The minimum absolute atomic E-state index is 0.0127. The molecular weight excluding hydrogens is 420 g/mol. The van der Waals surface area contributed by atoms with Gasteiger partial charge in [-0.25, -0.2) is 0 Å². The van der Waals surface area contributed by atoms with Crippen LogP contribution in [0.25, 0.3) is 5.69 Å². The summed E-state index contributed by atoms with van der Waals surface area (Å²) in [5, 5.41) is 14.0. The van der Waals surface area contributed by atoms with Gasteiger partial charge >= 0.3 is 0 Å². The summed E-state index contributed by atoms with van der Waals surface area (Å²) in [6, 6.07) is 15.6. The van der Waals surface area contributed by atoms with E-state index in [2.05, 4.69) is 45.7 Å². The summed E-state index contributed by atoms with van der Waals surface area (Å²) < 4.78 is 8.19. The molecule has 0 bridgehead atoms. The zero-order valence-electron chi connectivity index (χ0n) is 18.4. The number of aromatic hydroxyl groups is 1. The molecule has 7 heteroatoms. The van der Waals surface area contributed by atoms with E-state index in [0.717, 1.165) is 53.9 Å². The minimum atomic E-state index is -0.0427. The van der Waals surface area contributed by atoms with E-state index in [9.17, 15) is 5.11 Å². The van der Waals surface area contributed by atoms with Crippen molar-refractivity contribution in [3.05, 3.63) is 77.4 Å². The SMILES string of the molecule is Cc1cc([C@@H]2[C@H](c3ccccn3)NC(=S)N2C[C@H]2CCCO2)c(C)n1-c1ccc(O)cc1. The number of aryl methyl sites for hydroxylation is 1. The van der Waals surface area contributed by atoms with Crippen molar-refractivity contribution < 1.29 is 9.84 Å². The highest BCUT2D eigenvalue weighted by atomic mass is 32.1. The van der Waals surface area contributed by atoms with E-state index in [1.54, 1.807) is 12.1 Å². The Balaban J connectivity index is 1.58. The van der Waals surface area contributed by atoms with Crippen LogP contribution in [-0.4, -0.2) is 43.9 Å². The van der Waals surface area contributed by atoms with E-state index >= 15 is 0 Å². The number of aromatic nitrogens is 2. The van der Waals surface area contributed by atoms with Crippen LogP contribution in [0.15, 0.2) is 54.7 Å². The van der Waals surface area contributed by atoms with Gasteiger partial charge in [0.2, 0.25) is 0 Å². The fraction of sp³-hybridized carbons (Fsp3) is 0.360. The quantitative estimate of drug-likeness (QED) is 0.566. The van der Waals surface area contributed by atoms with Crippen molar-refractivity contribution in [2.75, 3.05) is 13.2 Å². The number of hydrogen-bond acceptors (Lipinski definition) is 4. The Bertz CT molecular complexity index is 1110. The molecule has 1 aromatic carbocycles. The van der Waals surface area contributed by atoms with Gasteiger partial charge in [-0.3, -0.25) is 4.98 Å². The smallest absolute Gasteiger partial charge is 0.170 e. The van der Waals surface area contributed by atoms with Gasteiger partial charge in [-0.05, 0) is 86.9 Å². The summed E-state index contributed by atoms with van der Waals surface area (Å²) in [6.45, 7) is 5.85. The third-order valence-corrected chi connectivity index (χ3v) is 6.87. The first-order valence-electron chi connectivity index (χ1n) is 11.1. The van der Waals surface area contributed by atoms with Crippen LogP contribution in [0.3, 0.4) is 0 Å². The number of phenols is 1. The van der Waals surface area contributed by atoms with Gasteiger partial charge in [-0.15, -0.1) is 0 Å². The molecule has 2 aliphatic rings. The number of nitrogens with zero attached hydrogens (tertiary/aromatic N) is 3. The Kier molecular flexibility index (Phi) is 5.61. The lowest BCUT2D eigenvalue weighted by Crippen LogP contribution is -2.36. The molecule has 0 amide bonds. The maximum absolute atomic E-state index is 9.72. The molecule has 2 saturated heterocycles. The lowest BCUT2D eigenvalue weighted by Gasteiger charge is -2.30. The van der Waals surface area contributed by atoms with Crippen molar-refractivity contribution >= 4 is 17.3 Å². The van der Waals surface area contributed by atoms with Crippen LogP contribution in [0.5, 0.6) is 5.75 Å². The van der Waals surface area contributed by atoms with Crippen molar-refractivity contribution in [1.29, 1.82) is 0 Å². The second-order valence-electron chi connectivity index (χ2n) is 8.59. The molecule has 5 rings (SSSR count). The van der Waals surface area contributed by atoms with Crippen LogP contribution >= 0.6 is 12.2 Å². The van der Waals surface area contributed by atoms with Crippen molar-refractivity contribution in [2.45, 2.75) is 44.9 Å². The summed E-state index contributed by atoms with van der Waals surface area (Å²) in [7, 11) is 0. The summed E-state index contributed by atoms with van der Waals surface area (Å²) in [6.07, 6.45) is 4.19. The highest BCUT2D eigenvalue weighted by Gasteiger charge is 2.42. The molecule has 2 aliphatic heterocycles. The molecule has 3 aromatic rings. The molecule has 6 nitrogen and oxygen atoms in total. The number of hydrogen-bond donors (Lipinski definition) is 2. The van der Waals surface area contributed by atoms with E-state index in [0.29, 0.717) is 0 Å². The highest BCUT2D eigenvalue weighted by molar-refractivity contribution is 7.80. The first kappa shape index (κ1) is 21.0. The fourth-order valence-corrected chi connectivity index (χ4v) is 5.35. The number of thiocarbonyl (C=S) groups is 1. The number of nitrogens with one attached hydrogen (secondary N) is 1. The molecule has 32 heavy (non-hydrogen) atoms. The molecule has 2 N–H and O–H groups in total. The topological polar surface area (TPSA) is 62.5 Å². The minimum Gasteiger partial charge on any atom is -0.508 e. The Labute approximate surface area is 193 Å². The Morgan fingerprint density at radius 2 is 2.00 bits per heavy atom. The fourth-order valence-electron chi connectivity index (χ4n) is 5.03. The van der Waals surface area contributed by atoms with Crippen LogP contribution in [0.4, 0.5) is 0 Å². The van der Waals surface area contributed by atoms with Gasteiger partial charge in [0.15, 0.2) is 5.11 Å². The molecule has 0 radical (unpaired) electrons. The van der Waals surface area contributed by atoms with Crippen molar-refractivity contribution in [2.24, 2.45) is 0 Å². The molecule has 2 fully saturated rings. The third kappa shape index (κ3) is 3.76. The Morgan fingerprint density at radius 1 is 1.19 bits per heavy atom. The van der Waals surface area contributed by atoms with E-state index in [-0.39, 0.29) is 23.9 Å². The van der Waals surface area contributed by atoms with Gasteiger partial charge in [-0.2, -0.15) is 0 Å².